The summed E-state index contributed by atoms with van der Waals surface area (Å²) < 4.78 is 28.4. The molecule has 1 saturated carbocycles. The SMILES string of the molecule is O=C(CSC1CCCC1)NCCS(=O)(=O)Nc1ccn2nccc2c1. The minimum atomic E-state index is -3.51. The average molecular weight is 383 g/mol. The molecule has 1 amide bonds. The van der Waals surface area contributed by atoms with Crippen LogP contribution in [0.5, 0.6) is 0 Å². The fourth-order valence-corrected chi connectivity index (χ4v) is 4.95. The van der Waals surface area contributed by atoms with Gasteiger partial charge in [0.05, 0.1) is 22.7 Å². The van der Waals surface area contributed by atoms with E-state index in [2.05, 4.69) is 15.1 Å². The molecular weight excluding hydrogens is 360 g/mol. The van der Waals surface area contributed by atoms with Gasteiger partial charge in [-0.25, -0.2) is 12.9 Å². The van der Waals surface area contributed by atoms with Crippen LogP contribution in [0.2, 0.25) is 0 Å². The molecular formula is C16H22N4O3S2. The van der Waals surface area contributed by atoms with E-state index in [4.69, 9.17) is 0 Å². The van der Waals surface area contributed by atoms with Crippen molar-refractivity contribution in [3.05, 3.63) is 30.6 Å². The second-order valence-corrected chi connectivity index (χ2v) is 9.23. The highest BCUT2D eigenvalue weighted by atomic mass is 32.2. The van der Waals surface area contributed by atoms with Gasteiger partial charge < -0.3 is 5.32 Å². The Balaban J connectivity index is 1.42. The first-order valence-electron chi connectivity index (χ1n) is 8.34. The lowest BCUT2D eigenvalue weighted by Crippen LogP contribution is -2.32. The number of thioether (sulfide) groups is 1. The zero-order valence-electron chi connectivity index (χ0n) is 13.8. The Labute approximate surface area is 151 Å². The molecule has 7 nitrogen and oxygen atoms in total. The van der Waals surface area contributed by atoms with Gasteiger partial charge in [-0.3, -0.25) is 9.52 Å². The van der Waals surface area contributed by atoms with E-state index in [9.17, 15) is 13.2 Å². The number of anilines is 1. The quantitative estimate of drug-likeness (QED) is 0.727. The summed E-state index contributed by atoms with van der Waals surface area (Å²) in [6, 6.07) is 5.15. The van der Waals surface area contributed by atoms with E-state index in [1.54, 1.807) is 46.9 Å². The highest BCUT2D eigenvalue weighted by molar-refractivity contribution is 8.00. The first-order chi connectivity index (χ1) is 12.0. The number of rotatable bonds is 8. The molecule has 0 aliphatic heterocycles. The minimum Gasteiger partial charge on any atom is -0.354 e. The first kappa shape index (κ1) is 18.1. The van der Waals surface area contributed by atoms with E-state index >= 15 is 0 Å². The summed E-state index contributed by atoms with van der Waals surface area (Å²) in [5, 5.41) is 7.32. The summed E-state index contributed by atoms with van der Waals surface area (Å²) in [6.45, 7) is 0.105. The van der Waals surface area contributed by atoms with E-state index in [0.29, 0.717) is 16.7 Å². The van der Waals surface area contributed by atoms with Crippen LogP contribution in [0.15, 0.2) is 30.6 Å². The minimum absolute atomic E-state index is 0.104. The van der Waals surface area contributed by atoms with Gasteiger partial charge in [0.15, 0.2) is 0 Å². The van der Waals surface area contributed by atoms with Gasteiger partial charge in [-0.15, -0.1) is 11.8 Å². The second-order valence-electron chi connectivity index (χ2n) is 6.10. The summed E-state index contributed by atoms with van der Waals surface area (Å²) in [4.78, 5) is 11.8. The Kier molecular flexibility index (Phi) is 5.85. The number of carbonyl (C=O) groups excluding carboxylic acids is 1. The van der Waals surface area contributed by atoms with Crippen LogP contribution in [-0.2, 0) is 14.8 Å². The van der Waals surface area contributed by atoms with Crippen molar-refractivity contribution in [3.63, 3.8) is 0 Å². The third kappa shape index (κ3) is 5.37. The Morgan fingerprint density at radius 3 is 2.92 bits per heavy atom. The first-order valence-corrected chi connectivity index (χ1v) is 11.0. The number of pyridine rings is 1. The van der Waals surface area contributed by atoms with Gasteiger partial charge in [0.2, 0.25) is 15.9 Å². The van der Waals surface area contributed by atoms with E-state index in [1.165, 1.54) is 25.7 Å². The third-order valence-electron chi connectivity index (χ3n) is 4.12. The molecule has 9 heteroatoms. The zero-order valence-corrected chi connectivity index (χ0v) is 15.5. The van der Waals surface area contributed by atoms with Gasteiger partial charge in [0.25, 0.3) is 0 Å². The van der Waals surface area contributed by atoms with Crippen molar-refractivity contribution in [1.29, 1.82) is 0 Å². The molecule has 0 bridgehead atoms. The lowest BCUT2D eigenvalue weighted by atomic mass is 10.4. The Bertz CT molecular complexity index is 829. The van der Waals surface area contributed by atoms with E-state index in [1.807, 2.05) is 0 Å². The number of sulfonamides is 1. The Hall–Kier alpha value is -1.74. The van der Waals surface area contributed by atoms with Gasteiger partial charge in [-0.05, 0) is 31.0 Å². The van der Waals surface area contributed by atoms with Crippen molar-refractivity contribution in [2.75, 3.05) is 22.8 Å². The molecule has 1 fully saturated rings. The van der Waals surface area contributed by atoms with Crippen molar-refractivity contribution in [2.45, 2.75) is 30.9 Å². The standard InChI is InChI=1S/C16H22N4O3S2/c21-16(12-24-15-3-1-2-4-15)17-8-10-25(22,23)19-13-6-9-20-14(11-13)5-7-18-20/h5-7,9,11,15,19H,1-4,8,10,12H2,(H,17,21). The number of nitrogens with zero attached hydrogens (tertiary/aromatic N) is 2. The van der Waals surface area contributed by atoms with Gasteiger partial charge in [-0.2, -0.15) is 5.10 Å². The highest BCUT2D eigenvalue weighted by Gasteiger charge is 2.17. The van der Waals surface area contributed by atoms with Crippen molar-refractivity contribution < 1.29 is 13.2 Å². The van der Waals surface area contributed by atoms with Crippen molar-refractivity contribution in [2.24, 2.45) is 0 Å². The summed E-state index contributed by atoms with van der Waals surface area (Å²) in [5.41, 5.74) is 1.29. The number of fused-ring (bicyclic) bond motifs is 1. The van der Waals surface area contributed by atoms with Crippen molar-refractivity contribution in [3.8, 4) is 0 Å². The average Bonchev–Trinajstić information content (AvgIpc) is 3.23. The van der Waals surface area contributed by atoms with Crippen LogP contribution < -0.4 is 10.0 Å². The molecule has 2 aromatic heterocycles. The molecule has 136 valence electrons. The Morgan fingerprint density at radius 1 is 1.32 bits per heavy atom. The molecule has 0 atom stereocenters. The smallest absolute Gasteiger partial charge is 0.234 e. The lowest BCUT2D eigenvalue weighted by molar-refractivity contribution is -0.118. The molecule has 0 aromatic carbocycles. The molecule has 0 saturated heterocycles. The molecule has 3 rings (SSSR count). The predicted molar refractivity (Wildman–Crippen MR) is 100 cm³/mol. The van der Waals surface area contributed by atoms with Gasteiger partial charge in [0.1, 0.15) is 0 Å². The van der Waals surface area contributed by atoms with Crippen LogP contribution in [-0.4, -0.2) is 47.2 Å². The van der Waals surface area contributed by atoms with Crippen molar-refractivity contribution in [1.82, 2.24) is 14.9 Å². The van der Waals surface area contributed by atoms with Crippen LogP contribution in [0.3, 0.4) is 0 Å². The van der Waals surface area contributed by atoms with E-state index in [0.717, 1.165) is 5.52 Å². The Morgan fingerprint density at radius 2 is 2.12 bits per heavy atom. The van der Waals surface area contributed by atoms with Crippen LogP contribution in [0.25, 0.3) is 5.52 Å². The van der Waals surface area contributed by atoms with Gasteiger partial charge >= 0.3 is 0 Å². The molecule has 2 aromatic rings. The van der Waals surface area contributed by atoms with Crippen LogP contribution >= 0.6 is 11.8 Å². The summed E-state index contributed by atoms with van der Waals surface area (Å²) in [6.07, 6.45) is 8.18. The molecule has 1 aliphatic rings. The number of amides is 1. The summed E-state index contributed by atoms with van der Waals surface area (Å²) >= 11 is 1.67. The molecule has 25 heavy (non-hydrogen) atoms. The maximum Gasteiger partial charge on any atom is 0.234 e. The highest BCUT2D eigenvalue weighted by Crippen LogP contribution is 2.28. The fraction of sp³-hybridized carbons (Fsp3) is 0.500. The molecule has 2 heterocycles. The van der Waals surface area contributed by atoms with E-state index in [-0.39, 0.29) is 18.2 Å². The van der Waals surface area contributed by atoms with Crippen molar-refractivity contribution >= 4 is 38.9 Å². The molecule has 0 spiro atoms. The van der Waals surface area contributed by atoms with Crippen LogP contribution in [0, 0.1) is 0 Å². The second kappa shape index (κ2) is 8.09. The third-order valence-corrected chi connectivity index (χ3v) is 6.78. The van der Waals surface area contributed by atoms with Gasteiger partial charge in [0, 0.05) is 24.2 Å². The van der Waals surface area contributed by atoms with Crippen LogP contribution in [0.4, 0.5) is 5.69 Å². The maximum atomic E-state index is 12.1. The number of hydrogen-bond acceptors (Lipinski definition) is 5. The molecule has 0 unspecified atom stereocenters. The summed E-state index contributed by atoms with van der Waals surface area (Å²) in [5.74, 6) is 0.139. The topological polar surface area (TPSA) is 92.6 Å². The number of carbonyl (C=O) groups is 1. The number of aromatic nitrogens is 2. The molecule has 1 aliphatic carbocycles. The number of nitrogens with one attached hydrogen (secondary N) is 2. The predicted octanol–water partition coefficient (Wildman–Crippen LogP) is 1.87. The largest absolute Gasteiger partial charge is 0.354 e. The molecule has 2 N–H and O–H groups in total. The monoisotopic (exact) mass is 382 g/mol. The lowest BCUT2D eigenvalue weighted by Gasteiger charge is -2.10. The fourth-order valence-electron chi connectivity index (χ4n) is 2.84. The zero-order chi connectivity index (χ0) is 17.7. The summed E-state index contributed by atoms with van der Waals surface area (Å²) in [7, 11) is -3.51. The van der Waals surface area contributed by atoms with Crippen LogP contribution in [0.1, 0.15) is 25.7 Å². The van der Waals surface area contributed by atoms with Gasteiger partial charge in [-0.1, -0.05) is 12.8 Å². The normalized spacial score (nSPS) is 15.5. The maximum absolute atomic E-state index is 12.1. The molecule has 0 radical (unpaired) electrons. The van der Waals surface area contributed by atoms with E-state index < -0.39 is 10.0 Å². The number of hydrogen-bond donors (Lipinski definition) is 2.